The number of benzene rings is 1. The molecule has 1 saturated heterocycles. The van der Waals surface area contributed by atoms with Crippen molar-refractivity contribution in [3.8, 4) is 0 Å². The number of methoxy groups -OCH3 is 1. The van der Waals surface area contributed by atoms with Gasteiger partial charge in [-0.25, -0.2) is 4.98 Å². The van der Waals surface area contributed by atoms with Gasteiger partial charge in [-0.15, -0.1) is 24.8 Å². The van der Waals surface area contributed by atoms with E-state index < -0.39 is 5.41 Å². The smallest absolute Gasteiger partial charge is 0.313 e. The molecule has 0 aliphatic carbocycles. The molecule has 1 aliphatic heterocycles. The zero-order chi connectivity index (χ0) is 16.4. The zero-order valence-corrected chi connectivity index (χ0v) is 17.0. The van der Waals surface area contributed by atoms with Crippen molar-refractivity contribution in [2.24, 2.45) is 11.1 Å². The van der Waals surface area contributed by atoms with E-state index in [0.717, 1.165) is 21.3 Å². The summed E-state index contributed by atoms with van der Waals surface area (Å²) >= 11 is 3.43. The molecule has 0 radical (unpaired) electrons. The summed E-state index contributed by atoms with van der Waals surface area (Å²) in [6, 6.07) is 5.84. The fraction of sp³-hybridized carbons (Fsp3) is 0.438. The van der Waals surface area contributed by atoms with Gasteiger partial charge in [-0.1, -0.05) is 15.9 Å². The first-order valence-electron chi connectivity index (χ1n) is 7.54. The summed E-state index contributed by atoms with van der Waals surface area (Å²) in [6.45, 7) is 1.73. The van der Waals surface area contributed by atoms with Gasteiger partial charge < -0.3 is 15.4 Å². The number of carbonyl (C=O) groups excluding carboxylic acids is 1. The molecular weight excluding hydrogens is 431 g/mol. The Morgan fingerprint density at radius 3 is 2.60 bits per heavy atom. The lowest BCUT2D eigenvalue weighted by atomic mass is 9.78. The highest BCUT2D eigenvalue weighted by Gasteiger charge is 2.41. The van der Waals surface area contributed by atoms with E-state index in [2.05, 4.69) is 30.8 Å². The van der Waals surface area contributed by atoms with Gasteiger partial charge in [0.05, 0.1) is 29.8 Å². The lowest BCUT2D eigenvalue weighted by Gasteiger charge is -2.39. The molecule has 2 N–H and O–H groups in total. The maximum Gasteiger partial charge on any atom is 0.313 e. The molecule has 1 aliphatic rings. The van der Waals surface area contributed by atoms with Gasteiger partial charge in [-0.2, -0.15) is 0 Å². The summed E-state index contributed by atoms with van der Waals surface area (Å²) in [6.07, 6.45) is 3.11. The minimum atomic E-state index is -0.569. The first-order valence-corrected chi connectivity index (χ1v) is 8.33. The molecule has 0 bridgehead atoms. The second-order valence-corrected chi connectivity index (χ2v) is 6.74. The number of ether oxygens (including phenoxy) is 1. The SMILES string of the molecule is COC(=O)C1(CN)CCN(c2cnc3cc(Br)ccc3n2)CC1.Cl.Cl. The van der Waals surface area contributed by atoms with Gasteiger partial charge in [0.15, 0.2) is 0 Å². The third-order valence-electron chi connectivity index (χ3n) is 4.55. The van der Waals surface area contributed by atoms with Crippen LogP contribution in [0, 0.1) is 5.41 Å². The van der Waals surface area contributed by atoms with Crippen LogP contribution in [0.4, 0.5) is 5.82 Å². The number of aromatic nitrogens is 2. The Balaban J connectivity index is 0.00000156. The van der Waals surface area contributed by atoms with Crippen LogP contribution in [-0.4, -0.2) is 42.7 Å². The van der Waals surface area contributed by atoms with Crippen molar-refractivity contribution < 1.29 is 9.53 Å². The number of halogens is 3. The fourth-order valence-electron chi connectivity index (χ4n) is 3.00. The zero-order valence-electron chi connectivity index (χ0n) is 13.8. The lowest BCUT2D eigenvalue weighted by molar-refractivity contribution is -0.153. The number of carbonyl (C=O) groups is 1. The van der Waals surface area contributed by atoms with Gasteiger partial charge in [0.1, 0.15) is 5.82 Å². The van der Waals surface area contributed by atoms with Gasteiger partial charge in [0, 0.05) is 24.1 Å². The number of anilines is 1. The molecule has 9 heteroatoms. The van der Waals surface area contributed by atoms with Crippen LogP contribution in [0.1, 0.15) is 12.8 Å². The second-order valence-electron chi connectivity index (χ2n) is 5.82. The van der Waals surface area contributed by atoms with Crippen molar-refractivity contribution in [2.75, 3.05) is 31.6 Å². The van der Waals surface area contributed by atoms with Gasteiger partial charge in [-0.05, 0) is 31.0 Å². The summed E-state index contributed by atoms with van der Waals surface area (Å²) in [5.74, 6) is 0.615. The Bertz CT molecular complexity index is 739. The average Bonchev–Trinajstić information content (AvgIpc) is 2.60. The molecular formula is C16H21BrCl2N4O2. The Labute approximate surface area is 167 Å². The van der Waals surface area contributed by atoms with E-state index in [4.69, 9.17) is 10.5 Å². The van der Waals surface area contributed by atoms with Gasteiger partial charge in [0.25, 0.3) is 0 Å². The minimum Gasteiger partial charge on any atom is -0.469 e. The quantitative estimate of drug-likeness (QED) is 0.722. The Morgan fingerprint density at radius 2 is 2.00 bits per heavy atom. The first-order chi connectivity index (χ1) is 11.1. The number of nitrogens with two attached hydrogens (primary N) is 1. The van der Waals surface area contributed by atoms with Crippen LogP contribution in [0.3, 0.4) is 0 Å². The highest BCUT2D eigenvalue weighted by Crippen LogP contribution is 2.33. The lowest BCUT2D eigenvalue weighted by Crippen LogP contribution is -2.49. The molecule has 2 heterocycles. The minimum absolute atomic E-state index is 0. The molecule has 1 fully saturated rings. The molecule has 0 atom stereocenters. The largest absolute Gasteiger partial charge is 0.469 e. The Morgan fingerprint density at radius 1 is 1.32 bits per heavy atom. The van der Waals surface area contributed by atoms with Crippen molar-refractivity contribution in [1.29, 1.82) is 0 Å². The maximum atomic E-state index is 12.0. The topological polar surface area (TPSA) is 81.3 Å². The van der Waals surface area contributed by atoms with Crippen LogP contribution in [-0.2, 0) is 9.53 Å². The molecule has 0 amide bonds. The average molecular weight is 452 g/mol. The highest BCUT2D eigenvalue weighted by atomic mass is 79.9. The van der Waals surface area contributed by atoms with Crippen molar-refractivity contribution in [3.63, 3.8) is 0 Å². The third kappa shape index (κ3) is 4.34. The molecule has 6 nitrogen and oxygen atoms in total. The van der Waals surface area contributed by atoms with E-state index in [-0.39, 0.29) is 30.8 Å². The summed E-state index contributed by atoms with van der Waals surface area (Å²) in [5.41, 5.74) is 6.98. The predicted molar refractivity (Wildman–Crippen MR) is 107 cm³/mol. The maximum absolute atomic E-state index is 12.0. The van der Waals surface area contributed by atoms with Crippen molar-refractivity contribution >= 4 is 63.6 Å². The van der Waals surface area contributed by atoms with E-state index >= 15 is 0 Å². The molecule has 3 rings (SSSR count). The molecule has 0 spiro atoms. The van der Waals surface area contributed by atoms with Crippen LogP contribution in [0.2, 0.25) is 0 Å². The van der Waals surface area contributed by atoms with Crippen LogP contribution < -0.4 is 10.6 Å². The van der Waals surface area contributed by atoms with Crippen LogP contribution >= 0.6 is 40.7 Å². The van der Waals surface area contributed by atoms with E-state index in [1.54, 1.807) is 6.20 Å². The number of hydrogen-bond acceptors (Lipinski definition) is 6. The number of esters is 1. The molecule has 1 aromatic heterocycles. The van der Waals surface area contributed by atoms with Crippen molar-refractivity contribution in [1.82, 2.24) is 9.97 Å². The Kier molecular flexibility index (Phi) is 7.87. The van der Waals surface area contributed by atoms with E-state index in [9.17, 15) is 4.79 Å². The molecule has 25 heavy (non-hydrogen) atoms. The number of nitrogens with zero attached hydrogens (tertiary/aromatic N) is 3. The summed E-state index contributed by atoms with van der Waals surface area (Å²) in [4.78, 5) is 23.3. The Hall–Kier alpha value is -1.15. The standard InChI is InChI=1S/C16H19BrN4O2.2ClH/c1-23-15(22)16(10-18)4-6-21(7-5-16)14-9-19-13-8-11(17)2-3-12(13)20-14;;/h2-3,8-9H,4-7,10,18H2,1H3;2*1H. The van der Waals surface area contributed by atoms with Crippen molar-refractivity contribution in [2.45, 2.75) is 12.8 Å². The number of hydrogen-bond donors (Lipinski definition) is 1. The first kappa shape index (κ1) is 21.9. The molecule has 0 saturated carbocycles. The van der Waals surface area contributed by atoms with Crippen LogP contribution in [0.15, 0.2) is 28.9 Å². The predicted octanol–water partition coefficient (Wildman–Crippen LogP) is 2.95. The van der Waals surface area contributed by atoms with E-state index in [1.165, 1.54) is 7.11 Å². The second kappa shape index (κ2) is 8.98. The number of fused-ring (bicyclic) bond motifs is 1. The summed E-state index contributed by atoms with van der Waals surface area (Å²) in [5, 5.41) is 0. The monoisotopic (exact) mass is 450 g/mol. The normalized spacial score (nSPS) is 15.9. The molecule has 2 aromatic rings. The number of rotatable bonds is 3. The molecule has 1 aromatic carbocycles. The van der Waals surface area contributed by atoms with Gasteiger partial charge >= 0.3 is 5.97 Å². The summed E-state index contributed by atoms with van der Waals surface area (Å²) < 4.78 is 5.91. The van der Waals surface area contributed by atoms with Gasteiger partial charge in [-0.3, -0.25) is 9.78 Å². The van der Waals surface area contributed by atoms with Crippen molar-refractivity contribution in [3.05, 3.63) is 28.9 Å². The third-order valence-corrected chi connectivity index (χ3v) is 5.04. The van der Waals surface area contributed by atoms with Gasteiger partial charge in [0.2, 0.25) is 0 Å². The molecule has 138 valence electrons. The van der Waals surface area contributed by atoms with Crippen LogP contribution in [0.25, 0.3) is 11.0 Å². The van der Waals surface area contributed by atoms with E-state index in [0.29, 0.717) is 32.5 Å². The molecule has 0 unspecified atom stereocenters. The fourth-order valence-corrected chi connectivity index (χ4v) is 3.35. The van der Waals surface area contributed by atoms with E-state index in [1.807, 2.05) is 18.2 Å². The highest BCUT2D eigenvalue weighted by molar-refractivity contribution is 9.10. The number of piperidine rings is 1. The summed E-state index contributed by atoms with van der Waals surface area (Å²) in [7, 11) is 1.42. The van der Waals surface area contributed by atoms with Crippen LogP contribution in [0.5, 0.6) is 0 Å².